The molecule has 1 atom stereocenters. The van der Waals surface area contributed by atoms with E-state index < -0.39 is 0 Å². The van der Waals surface area contributed by atoms with Gasteiger partial charge in [0, 0.05) is 6.54 Å². The number of amides is 1. The number of benzene rings is 2. The summed E-state index contributed by atoms with van der Waals surface area (Å²) >= 11 is 0. The van der Waals surface area contributed by atoms with Crippen LogP contribution in [0.1, 0.15) is 36.0 Å². The van der Waals surface area contributed by atoms with Gasteiger partial charge in [0.2, 0.25) is 5.91 Å². The van der Waals surface area contributed by atoms with Crippen LogP contribution >= 0.6 is 12.4 Å². The molecule has 1 aliphatic rings. The van der Waals surface area contributed by atoms with Crippen molar-refractivity contribution in [1.82, 2.24) is 10.6 Å². The highest BCUT2D eigenvalue weighted by Crippen LogP contribution is 2.16. The van der Waals surface area contributed by atoms with Gasteiger partial charge in [0.25, 0.3) is 0 Å². The van der Waals surface area contributed by atoms with Gasteiger partial charge < -0.3 is 15.4 Å². The van der Waals surface area contributed by atoms with Crippen molar-refractivity contribution in [3.05, 3.63) is 65.2 Å². The lowest BCUT2D eigenvalue weighted by atomic mass is 9.96. The molecule has 0 spiro atoms. The predicted molar refractivity (Wildman–Crippen MR) is 116 cm³/mol. The van der Waals surface area contributed by atoms with E-state index in [1.807, 2.05) is 30.3 Å². The molecule has 2 N–H and O–H groups in total. The number of piperidine rings is 1. The zero-order valence-corrected chi connectivity index (χ0v) is 17.4. The van der Waals surface area contributed by atoms with Gasteiger partial charge in [-0.05, 0) is 68.5 Å². The molecule has 1 aliphatic heterocycles. The standard InChI is InChI=1S/C23H30N2O2.ClH/c1-18-5-2-7-21(13-18)17-27-22-9-3-6-20(14-22)15-23(26)25-12-10-19-8-4-11-24-16-19;/h2-3,5-7,9,13-14,19,24H,4,8,10-12,15-17H2,1H3,(H,25,26);1H. The number of nitrogens with one attached hydrogen (secondary N) is 2. The summed E-state index contributed by atoms with van der Waals surface area (Å²) in [5, 5.41) is 6.47. The number of carbonyl (C=O) groups excluding carboxylic acids is 1. The molecule has 2 aromatic rings. The molecule has 1 saturated heterocycles. The lowest BCUT2D eigenvalue weighted by Crippen LogP contribution is -2.33. The van der Waals surface area contributed by atoms with Gasteiger partial charge in [-0.1, -0.05) is 42.0 Å². The molecule has 5 heteroatoms. The number of halogens is 1. The molecule has 152 valence electrons. The number of hydrogen-bond acceptors (Lipinski definition) is 3. The van der Waals surface area contributed by atoms with E-state index in [2.05, 4.69) is 35.8 Å². The van der Waals surface area contributed by atoms with Gasteiger partial charge in [-0.15, -0.1) is 12.4 Å². The van der Waals surface area contributed by atoms with Crippen LogP contribution in [-0.2, 0) is 17.8 Å². The van der Waals surface area contributed by atoms with Crippen molar-refractivity contribution in [2.45, 2.75) is 39.2 Å². The maximum atomic E-state index is 12.2. The first-order valence-electron chi connectivity index (χ1n) is 9.94. The van der Waals surface area contributed by atoms with Crippen LogP contribution in [-0.4, -0.2) is 25.5 Å². The highest BCUT2D eigenvalue weighted by atomic mass is 35.5. The Morgan fingerprint density at radius 3 is 2.79 bits per heavy atom. The fraction of sp³-hybridized carbons (Fsp3) is 0.435. The molecular weight excluding hydrogens is 372 g/mol. The van der Waals surface area contributed by atoms with Gasteiger partial charge in [-0.2, -0.15) is 0 Å². The minimum Gasteiger partial charge on any atom is -0.489 e. The highest BCUT2D eigenvalue weighted by molar-refractivity contribution is 5.85. The summed E-state index contributed by atoms with van der Waals surface area (Å²) < 4.78 is 5.89. The fourth-order valence-corrected chi connectivity index (χ4v) is 3.55. The number of rotatable bonds is 8. The molecule has 0 aliphatic carbocycles. The molecule has 2 aromatic carbocycles. The number of hydrogen-bond donors (Lipinski definition) is 2. The Morgan fingerprint density at radius 1 is 1.18 bits per heavy atom. The van der Waals surface area contributed by atoms with Crippen molar-refractivity contribution < 1.29 is 9.53 Å². The van der Waals surface area contributed by atoms with Crippen LogP contribution in [0.3, 0.4) is 0 Å². The van der Waals surface area contributed by atoms with Crippen molar-refractivity contribution in [3.8, 4) is 5.75 Å². The summed E-state index contributed by atoms with van der Waals surface area (Å²) in [4.78, 5) is 12.2. The third kappa shape index (κ3) is 7.53. The van der Waals surface area contributed by atoms with Crippen LogP contribution in [0, 0.1) is 12.8 Å². The zero-order chi connectivity index (χ0) is 18.9. The van der Waals surface area contributed by atoms with E-state index in [-0.39, 0.29) is 18.3 Å². The normalized spacial score (nSPS) is 16.1. The van der Waals surface area contributed by atoms with E-state index in [9.17, 15) is 4.79 Å². The zero-order valence-electron chi connectivity index (χ0n) is 16.6. The molecule has 4 nitrogen and oxygen atoms in total. The van der Waals surface area contributed by atoms with E-state index >= 15 is 0 Å². The smallest absolute Gasteiger partial charge is 0.224 e. The lowest BCUT2D eigenvalue weighted by Gasteiger charge is -2.22. The Labute approximate surface area is 174 Å². The summed E-state index contributed by atoms with van der Waals surface area (Å²) in [6.45, 7) is 5.58. The second kappa shape index (κ2) is 11.7. The Morgan fingerprint density at radius 2 is 2.00 bits per heavy atom. The van der Waals surface area contributed by atoms with E-state index in [1.54, 1.807) is 0 Å². The first-order valence-corrected chi connectivity index (χ1v) is 9.94. The van der Waals surface area contributed by atoms with Crippen LogP contribution in [0.5, 0.6) is 5.75 Å². The number of carbonyl (C=O) groups is 1. The summed E-state index contributed by atoms with van der Waals surface area (Å²) in [6.07, 6.45) is 3.96. The van der Waals surface area contributed by atoms with Gasteiger partial charge in [0.15, 0.2) is 0 Å². The average Bonchev–Trinajstić information content (AvgIpc) is 2.68. The van der Waals surface area contributed by atoms with E-state index in [1.165, 1.54) is 18.4 Å². The Bertz CT molecular complexity index is 745. The first kappa shape index (κ1) is 22.3. The van der Waals surface area contributed by atoms with Gasteiger partial charge in [-0.3, -0.25) is 4.79 Å². The lowest BCUT2D eigenvalue weighted by molar-refractivity contribution is -0.120. The van der Waals surface area contributed by atoms with Crippen molar-refractivity contribution in [1.29, 1.82) is 0 Å². The van der Waals surface area contributed by atoms with Crippen molar-refractivity contribution in [2.24, 2.45) is 5.92 Å². The second-order valence-corrected chi connectivity index (χ2v) is 7.45. The van der Waals surface area contributed by atoms with Crippen LogP contribution in [0.4, 0.5) is 0 Å². The fourth-order valence-electron chi connectivity index (χ4n) is 3.55. The van der Waals surface area contributed by atoms with Crippen LogP contribution in [0.2, 0.25) is 0 Å². The summed E-state index contributed by atoms with van der Waals surface area (Å²) in [5.41, 5.74) is 3.36. The van der Waals surface area contributed by atoms with Gasteiger partial charge in [-0.25, -0.2) is 0 Å². The number of ether oxygens (including phenoxy) is 1. The quantitative estimate of drug-likeness (QED) is 0.700. The van der Waals surface area contributed by atoms with Crippen molar-refractivity contribution >= 4 is 18.3 Å². The SMILES string of the molecule is Cc1cccc(COc2cccc(CC(=O)NCCC3CCCNC3)c2)c1.Cl. The summed E-state index contributed by atoms with van der Waals surface area (Å²) in [6, 6.07) is 16.1. The Balaban J connectivity index is 0.00000280. The molecule has 1 unspecified atom stereocenters. The molecule has 1 fully saturated rings. The van der Waals surface area contributed by atoms with Gasteiger partial charge in [0.05, 0.1) is 6.42 Å². The topological polar surface area (TPSA) is 50.4 Å². The third-order valence-electron chi connectivity index (χ3n) is 5.02. The largest absolute Gasteiger partial charge is 0.489 e. The van der Waals surface area contributed by atoms with E-state index in [0.29, 0.717) is 18.9 Å². The Kier molecular flexibility index (Phi) is 9.32. The van der Waals surface area contributed by atoms with Gasteiger partial charge >= 0.3 is 0 Å². The molecule has 3 rings (SSSR count). The van der Waals surface area contributed by atoms with Crippen LogP contribution in [0.25, 0.3) is 0 Å². The third-order valence-corrected chi connectivity index (χ3v) is 5.02. The summed E-state index contributed by atoms with van der Waals surface area (Å²) in [7, 11) is 0. The Hall–Kier alpha value is -2.04. The molecule has 28 heavy (non-hydrogen) atoms. The first-order chi connectivity index (χ1) is 13.2. The predicted octanol–water partition coefficient (Wildman–Crippen LogP) is 4.04. The minimum atomic E-state index is 0. The monoisotopic (exact) mass is 402 g/mol. The van der Waals surface area contributed by atoms with Crippen molar-refractivity contribution in [2.75, 3.05) is 19.6 Å². The maximum absolute atomic E-state index is 12.2. The molecule has 0 radical (unpaired) electrons. The van der Waals surface area contributed by atoms with E-state index in [0.717, 1.165) is 42.9 Å². The minimum absolute atomic E-state index is 0. The van der Waals surface area contributed by atoms with Gasteiger partial charge in [0.1, 0.15) is 12.4 Å². The number of aryl methyl sites for hydroxylation is 1. The molecular formula is C23H31ClN2O2. The summed E-state index contributed by atoms with van der Waals surface area (Å²) in [5.74, 6) is 1.57. The molecule has 1 heterocycles. The van der Waals surface area contributed by atoms with Crippen LogP contribution < -0.4 is 15.4 Å². The molecule has 0 saturated carbocycles. The molecule has 1 amide bonds. The second-order valence-electron chi connectivity index (χ2n) is 7.45. The van der Waals surface area contributed by atoms with Crippen LogP contribution in [0.15, 0.2) is 48.5 Å². The van der Waals surface area contributed by atoms with E-state index in [4.69, 9.17) is 4.74 Å². The molecule has 0 bridgehead atoms. The average molecular weight is 403 g/mol. The molecule has 0 aromatic heterocycles. The maximum Gasteiger partial charge on any atom is 0.224 e. The van der Waals surface area contributed by atoms with Crippen molar-refractivity contribution in [3.63, 3.8) is 0 Å². The highest BCUT2D eigenvalue weighted by Gasteiger charge is 2.13.